The predicted octanol–water partition coefficient (Wildman–Crippen LogP) is 1.31. The molecule has 0 radical (unpaired) electrons. The second kappa shape index (κ2) is 5.28. The van der Waals surface area contributed by atoms with Crippen LogP contribution in [0.15, 0.2) is 24.3 Å². The summed E-state index contributed by atoms with van der Waals surface area (Å²) in [4.78, 5) is 2.11. The highest BCUT2D eigenvalue weighted by Gasteiger charge is 2.30. The van der Waals surface area contributed by atoms with Gasteiger partial charge in [-0.3, -0.25) is 4.90 Å². The van der Waals surface area contributed by atoms with E-state index >= 15 is 0 Å². The molecule has 18 heavy (non-hydrogen) atoms. The molecule has 5 heteroatoms. The van der Waals surface area contributed by atoms with Gasteiger partial charge < -0.3 is 4.74 Å². The molecule has 4 nitrogen and oxygen atoms in total. The van der Waals surface area contributed by atoms with Crippen LogP contribution in [0.4, 0.5) is 0 Å². The quantitative estimate of drug-likeness (QED) is 0.827. The van der Waals surface area contributed by atoms with E-state index in [2.05, 4.69) is 4.90 Å². The Kier molecular flexibility index (Phi) is 3.92. The van der Waals surface area contributed by atoms with Crippen LogP contribution in [0.2, 0.25) is 0 Å². The second-order valence-corrected chi connectivity index (χ2v) is 7.05. The number of sulfone groups is 1. The van der Waals surface area contributed by atoms with Crippen LogP contribution in [0.5, 0.6) is 5.75 Å². The number of ether oxygens (including phenoxy) is 1. The minimum atomic E-state index is -2.81. The molecule has 0 N–H and O–H groups in total. The molecule has 1 aromatic rings. The second-order valence-electron chi connectivity index (χ2n) is 4.82. The zero-order valence-electron chi connectivity index (χ0n) is 10.8. The molecule has 0 aliphatic carbocycles. The van der Waals surface area contributed by atoms with Gasteiger partial charge in [-0.1, -0.05) is 12.1 Å². The number of nitrogens with zero attached hydrogens (tertiary/aromatic N) is 1. The van der Waals surface area contributed by atoms with E-state index < -0.39 is 9.84 Å². The lowest BCUT2D eigenvalue weighted by atomic mass is 10.1. The maximum atomic E-state index is 11.5. The van der Waals surface area contributed by atoms with Crippen LogP contribution < -0.4 is 4.74 Å². The molecule has 1 aliphatic rings. The van der Waals surface area contributed by atoms with Crippen LogP contribution in [0.1, 0.15) is 12.0 Å². The van der Waals surface area contributed by atoms with E-state index in [-0.39, 0.29) is 11.8 Å². The van der Waals surface area contributed by atoms with Crippen molar-refractivity contribution in [1.82, 2.24) is 4.90 Å². The Morgan fingerprint density at radius 2 is 2.22 bits per heavy atom. The fourth-order valence-corrected chi connectivity index (χ4v) is 4.12. The standard InChI is InChI=1S/C13H19NO3S/c1-14(12-6-7-18(15,16)10-12)9-11-4-3-5-13(8-11)17-2/h3-5,8,12H,6-7,9-10H2,1-2H3. The van der Waals surface area contributed by atoms with E-state index in [0.29, 0.717) is 5.75 Å². The van der Waals surface area contributed by atoms with Crippen molar-refractivity contribution in [1.29, 1.82) is 0 Å². The van der Waals surface area contributed by atoms with Crippen molar-refractivity contribution in [3.05, 3.63) is 29.8 Å². The average molecular weight is 269 g/mol. The summed E-state index contributed by atoms with van der Waals surface area (Å²) < 4.78 is 28.1. The number of rotatable bonds is 4. The monoisotopic (exact) mass is 269 g/mol. The zero-order valence-corrected chi connectivity index (χ0v) is 11.6. The first-order valence-corrected chi connectivity index (χ1v) is 7.86. The lowest BCUT2D eigenvalue weighted by Crippen LogP contribution is -2.32. The molecule has 2 rings (SSSR count). The number of hydrogen-bond acceptors (Lipinski definition) is 4. The topological polar surface area (TPSA) is 46.6 Å². The molecule has 1 heterocycles. The first-order valence-electron chi connectivity index (χ1n) is 6.04. The third kappa shape index (κ3) is 3.23. The van der Waals surface area contributed by atoms with Crippen molar-refractivity contribution in [3.8, 4) is 5.75 Å². The van der Waals surface area contributed by atoms with Crippen molar-refractivity contribution in [3.63, 3.8) is 0 Å². The third-order valence-corrected chi connectivity index (χ3v) is 5.15. The van der Waals surface area contributed by atoms with Crippen molar-refractivity contribution in [2.45, 2.75) is 19.0 Å². The third-order valence-electron chi connectivity index (χ3n) is 3.40. The molecule has 1 atom stereocenters. The van der Waals surface area contributed by atoms with E-state index in [0.717, 1.165) is 24.3 Å². The zero-order chi connectivity index (χ0) is 13.2. The van der Waals surface area contributed by atoms with Crippen molar-refractivity contribution in [2.75, 3.05) is 25.7 Å². The Labute approximate surface area is 108 Å². The Bertz CT molecular complexity index is 513. The molecule has 1 aliphatic heterocycles. The molecular formula is C13H19NO3S. The van der Waals surface area contributed by atoms with Gasteiger partial charge in [0.1, 0.15) is 5.75 Å². The molecule has 0 bridgehead atoms. The predicted molar refractivity (Wildman–Crippen MR) is 71.5 cm³/mol. The normalized spacial score (nSPS) is 22.3. The fraction of sp³-hybridized carbons (Fsp3) is 0.538. The Morgan fingerprint density at radius 1 is 1.44 bits per heavy atom. The van der Waals surface area contributed by atoms with Gasteiger partial charge >= 0.3 is 0 Å². The maximum absolute atomic E-state index is 11.5. The Morgan fingerprint density at radius 3 is 2.83 bits per heavy atom. The van der Waals surface area contributed by atoms with Crippen molar-refractivity contribution in [2.24, 2.45) is 0 Å². The highest BCUT2D eigenvalue weighted by atomic mass is 32.2. The minimum absolute atomic E-state index is 0.140. The van der Waals surface area contributed by atoms with E-state index in [1.165, 1.54) is 0 Å². The van der Waals surface area contributed by atoms with Gasteiger partial charge in [0, 0.05) is 12.6 Å². The van der Waals surface area contributed by atoms with Gasteiger partial charge in [-0.05, 0) is 31.2 Å². The number of methoxy groups -OCH3 is 1. The highest BCUT2D eigenvalue weighted by Crippen LogP contribution is 2.20. The molecule has 0 aromatic heterocycles. The SMILES string of the molecule is COc1cccc(CN(C)C2CCS(=O)(=O)C2)c1. The van der Waals surface area contributed by atoms with Gasteiger partial charge in [0.2, 0.25) is 0 Å². The molecule has 100 valence electrons. The van der Waals surface area contributed by atoms with Gasteiger partial charge in [-0.2, -0.15) is 0 Å². The number of hydrogen-bond donors (Lipinski definition) is 0. The van der Waals surface area contributed by atoms with Crippen LogP contribution in [0.25, 0.3) is 0 Å². The van der Waals surface area contributed by atoms with E-state index in [1.54, 1.807) is 7.11 Å². The summed E-state index contributed by atoms with van der Waals surface area (Å²) in [5, 5.41) is 0. The molecular weight excluding hydrogens is 250 g/mol. The smallest absolute Gasteiger partial charge is 0.151 e. The van der Waals surface area contributed by atoms with Gasteiger partial charge in [-0.15, -0.1) is 0 Å². The van der Waals surface area contributed by atoms with Gasteiger partial charge in [-0.25, -0.2) is 8.42 Å². The Hall–Kier alpha value is -1.07. The number of benzene rings is 1. The maximum Gasteiger partial charge on any atom is 0.151 e. The minimum Gasteiger partial charge on any atom is -0.497 e. The summed E-state index contributed by atoms with van der Waals surface area (Å²) in [6.45, 7) is 0.747. The van der Waals surface area contributed by atoms with Crippen LogP contribution in [-0.4, -0.2) is 45.0 Å². The molecule has 0 saturated carbocycles. The summed E-state index contributed by atoms with van der Waals surface area (Å²) in [5.74, 6) is 1.44. The summed E-state index contributed by atoms with van der Waals surface area (Å²) in [5.41, 5.74) is 1.14. The van der Waals surface area contributed by atoms with Gasteiger partial charge in [0.25, 0.3) is 0 Å². The summed E-state index contributed by atoms with van der Waals surface area (Å²) in [6.07, 6.45) is 0.739. The first-order chi connectivity index (χ1) is 8.50. The van der Waals surface area contributed by atoms with Crippen molar-refractivity contribution < 1.29 is 13.2 Å². The average Bonchev–Trinajstić information content (AvgIpc) is 2.70. The highest BCUT2D eigenvalue weighted by molar-refractivity contribution is 7.91. The van der Waals surface area contributed by atoms with E-state index in [1.807, 2.05) is 31.3 Å². The molecule has 1 fully saturated rings. The van der Waals surface area contributed by atoms with Crippen LogP contribution >= 0.6 is 0 Å². The van der Waals surface area contributed by atoms with Crippen molar-refractivity contribution >= 4 is 9.84 Å². The van der Waals surface area contributed by atoms with Crippen LogP contribution in [-0.2, 0) is 16.4 Å². The van der Waals surface area contributed by atoms with Crippen LogP contribution in [0, 0.1) is 0 Å². The fourth-order valence-electron chi connectivity index (χ4n) is 2.31. The first kappa shape index (κ1) is 13.4. The van der Waals surface area contributed by atoms with Gasteiger partial charge in [0.05, 0.1) is 18.6 Å². The lowest BCUT2D eigenvalue weighted by molar-refractivity contribution is 0.253. The lowest BCUT2D eigenvalue weighted by Gasteiger charge is -2.23. The molecule has 1 aromatic carbocycles. The molecule has 0 amide bonds. The summed E-state index contributed by atoms with van der Waals surface area (Å²) >= 11 is 0. The molecule has 0 spiro atoms. The van der Waals surface area contributed by atoms with E-state index in [4.69, 9.17) is 4.74 Å². The van der Waals surface area contributed by atoms with E-state index in [9.17, 15) is 8.42 Å². The van der Waals surface area contributed by atoms with Gasteiger partial charge in [0.15, 0.2) is 9.84 Å². The molecule has 1 unspecified atom stereocenters. The largest absolute Gasteiger partial charge is 0.497 e. The van der Waals surface area contributed by atoms with Crippen LogP contribution in [0.3, 0.4) is 0 Å². The molecule has 1 saturated heterocycles. The Balaban J connectivity index is 2.01. The summed E-state index contributed by atoms with van der Waals surface area (Å²) in [6, 6.07) is 8.01. The summed E-state index contributed by atoms with van der Waals surface area (Å²) in [7, 11) is 0.810.